The van der Waals surface area contributed by atoms with Gasteiger partial charge in [-0.1, -0.05) is 18.9 Å². The Kier molecular flexibility index (Phi) is 4.67. The quantitative estimate of drug-likeness (QED) is 0.820. The van der Waals surface area contributed by atoms with Crippen LogP contribution in [-0.2, 0) is 0 Å². The van der Waals surface area contributed by atoms with Gasteiger partial charge in [0.15, 0.2) is 0 Å². The summed E-state index contributed by atoms with van der Waals surface area (Å²) in [6, 6.07) is 5.96. The van der Waals surface area contributed by atoms with Crippen LogP contribution in [0.25, 0.3) is 0 Å². The van der Waals surface area contributed by atoms with Crippen LogP contribution in [0.1, 0.15) is 59.3 Å². The van der Waals surface area contributed by atoms with E-state index in [-0.39, 0.29) is 5.54 Å². The molecule has 0 bridgehead atoms. The largest absolute Gasteiger partial charge is 0.474 e. The van der Waals surface area contributed by atoms with Gasteiger partial charge in [0.25, 0.3) is 0 Å². The molecular weight excluding hydrogens is 236 g/mol. The van der Waals surface area contributed by atoms with Crippen molar-refractivity contribution in [1.82, 2.24) is 4.98 Å². The molecule has 0 amide bonds. The van der Waals surface area contributed by atoms with E-state index in [9.17, 15) is 0 Å². The van der Waals surface area contributed by atoms with Crippen LogP contribution in [0.15, 0.2) is 18.2 Å². The molecule has 0 radical (unpaired) electrons. The van der Waals surface area contributed by atoms with E-state index in [1.165, 1.54) is 38.5 Å². The molecule has 0 aliphatic heterocycles. The zero-order valence-electron chi connectivity index (χ0n) is 12.4. The third kappa shape index (κ3) is 5.09. The lowest BCUT2D eigenvalue weighted by atomic mass is 10.1. The lowest BCUT2D eigenvalue weighted by Gasteiger charge is -2.22. The molecule has 0 saturated heterocycles. The maximum Gasteiger partial charge on any atom is 0.215 e. The number of anilines is 1. The molecule has 19 heavy (non-hydrogen) atoms. The first kappa shape index (κ1) is 14.2. The molecule has 1 aliphatic rings. The molecule has 1 aromatic rings. The number of rotatable bonds is 3. The Balaban J connectivity index is 1.98. The van der Waals surface area contributed by atoms with E-state index in [2.05, 4.69) is 31.1 Å². The molecule has 0 aromatic carbocycles. The van der Waals surface area contributed by atoms with Gasteiger partial charge in [0, 0.05) is 11.6 Å². The molecule has 1 aliphatic carbocycles. The molecule has 3 heteroatoms. The van der Waals surface area contributed by atoms with Gasteiger partial charge < -0.3 is 10.1 Å². The topological polar surface area (TPSA) is 34.1 Å². The standard InChI is InChI=1S/C16H26N2O/c1-16(2,3)18-14-11-8-12-15(17-14)19-13-9-6-4-5-7-10-13/h8,11-13H,4-7,9-10H2,1-3H3,(H,17,18). The number of ether oxygens (including phenoxy) is 1. The van der Waals surface area contributed by atoms with Crippen molar-refractivity contribution >= 4 is 5.82 Å². The van der Waals surface area contributed by atoms with E-state index in [1.54, 1.807) is 0 Å². The van der Waals surface area contributed by atoms with Crippen molar-refractivity contribution in [3.05, 3.63) is 18.2 Å². The highest BCUT2D eigenvalue weighted by molar-refractivity contribution is 5.39. The Morgan fingerprint density at radius 3 is 2.42 bits per heavy atom. The SMILES string of the molecule is CC(C)(C)Nc1cccc(OC2CCCCCC2)n1. The second-order valence-corrected chi connectivity index (χ2v) is 6.47. The summed E-state index contributed by atoms with van der Waals surface area (Å²) in [5.41, 5.74) is 0.0218. The van der Waals surface area contributed by atoms with Crippen LogP contribution in [0, 0.1) is 0 Å². The summed E-state index contributed by atoms with van der Waals surface area (Å²) >= 11 is 0. The van der Waals surface area contributed by atoms with Crippen molar-refractivity contribution in [2.24, 2.45) is 0 Å². The van der Waals surface area contributed by atoms with Crippen LogP contribution in [0.4, 0.5) is 5.82 Å². The summed E-state index contributed by atoms with van der Waals surface area (Å²) in [5, 5.41) is 3.38. The third-order valence-corrected chi connectivity index (χ3v) is 3.32. The molecule has 3 nitrogen and oxygen atoms in total. The van der Waals surface area contributed by atoms with Crippen LogP contribution in [0.3, 0.4) is 0 Å². The minimum absolute atomic E-state index is 0.0218. The Labute approximate surface area is 116 Å². The van der Waals surface area contributed by atoms with E-state index in [0.29, 0.717) is 6.10 Å². The number of pyridine rings is 1. The van der Waals surface area contributed by atoms with E-state index in [1.807, 2.05) is 18.2 Å². The average molecular weight is 262 g/mol. The Bertz CT molecular complexity index is 390. The Morgan fingerprint density at radius 1 is 1.11 bits per heavy atom. The molecule has 0 atom stereocenters. The predicted molar refractivity (Wildman–Crippen MR) is 79.7 cm³/mol. The molecule has 2 rings (SSSR count). The fourth-order valence-corrected chi connectivity index (χ4v) is 2.46. The number of hydrogen-bond donors (Lipinski definition) is 1. The second-order valence-electron chi connectivity index (χ2n) is 6.47. The number of nitrogens with one attached hydrogen (secondary N) is 1. The van der Waals surface area contributed by atoms with Gasteiger partial charge in [0.05, 0.1) is 0 Å². The molecule has 0 spiro atoms. The molecule has 1 aromatic heterocycles. The van der Waals surface area contributed by atoms with Crippen LogP contribution >= 0.6 is 0 Å². The van der Waals surface area contributed by atoms with Crippen molar-refractivity contribution in [3.8, 4) is 5.88 Å². The summed E-state index contributed by atoms with van der Waals surface area (Å²) in [4.78, 5) is 4.55. The normalized spacial score (nSPS) is 17.8. The molecule has 0 unspecified atom stereocenters. The Morgan fingerprint density at radius 2 is 1.79 bits per heavy atom. The number of nitrogens with zero attached hydrogens (tertiary/aromatic N) is 1. The molecule has 1 N–H and O–H groups in total. The van der Waals surface area contributed by atoms with Gasteiger partial charge in [-0.3, -0.25) is 0 Å². The van der Waals surface area contributed by atoms with Gasteiger partial charge in [-0.05, 0) is 52.5 Å². The molecule has 1 heterocycles. The van der Waals surface area contributed by atoms with Crippen molar-refractivity contribution < 1.29 is 4.74 Å². The van der Waals surface area contributed by atoms with Crippen molar-refractivity contribution in [2.45, 2.75) is 70.9 Å². The first-order valence-corrected chi connectivity index (χ1v) is 7.45. The van der Waals surface area contributed by atoms with Gasteiger partial charge in [0.2, 0.25) is 5.88 Å². The zero-order chi connectivity index (χ0) is 13.7. The minimum atomic E-state index is 0.0218. The first-order valence-electron chi connectivity index (χ1n) is 7.45. The van der Waals surface area contributed by atoms with Gasteiger partial charge in [0.1, 0.15) is 11.9 Å². The number of hydrogen-bond acceptors (Lipinski definition) is 3. The molecule has 1 fully saturated rings. The van der Waals surface area contributed by atoms with E-state index < -0.39 is 0 Å². The van der Waals surface area contributed by atoms with Gasteiger partial charge in [-0.2, -0.15) is 4.98 Å². The summed E-state index contributed by atoms with van der Waals surface area (Å²) in [7, 11) is 0. The van der Waals surface area contributed by atoms with E-state index >= 15 is 0 Å². The predicted octanol–water partition coefficient (Wildman–Crippen LogP) is 4.39. The van der Waals surface area contributed by atoms with Crippen molar-refractivity contribution in [3.63, 3.8) is 0 Å². The zero-order valence-corrected chi connectivity index (χ0v) is 12.4. The highest BCUT2D eigenvalue weighted by Gasteiger charge is 2.15. The second kappa shape index (κ2) is 6.27. The van der Waals surface area contributed by atoms with Gasteiger partial charge in [-0.25, -0.2) is 0 Å². The molecule has 1 saturated carbocycles. The maximum absolute atomic E-state index is 6.04. The smallest absolute Gasteiger partial charge is 0.215 e. The summed E-state index contributed by atoms with van der Waals surface area (Å²) < 4.78 is 6.04. The molecular formula is C16H26N2O. The van der Waals surface area contributed by atoms with E-state index in [4.69, 9.17) is 4.74 Å². The van der Waals surface area contributed by atoms with Crippen LogP contribution in [0.2, 0.25) is 0 Å². The van der Waals surface area contributed by atoms with E-state index in [0.717, 1.165) is 11.7 Å². The lowest BCUT2D eigenvalue weighted by Crippen LogP contribution is -2.26. The summed E-state index contributed by atoms with van der Waals surface area (Å²) in [6.45, 7) is 6.40. The Hall–Kier alpha value is -1.25. The third-order valence-electron chi connectivity index (χ3n) is 3.32. The van der Waals surface area contributed by atoms with Gasteiger partial charge >= 0.3 is 0 Å². The van der Waals surface area contributed by atoms with Crippen molar-refractivity contribution in [2.75, 3.05) is 5.32 Å². The average Bonchev–Trinajstić information content (AvgIpc) is 2.56. The highest BCUT2D eigenvalue weighted by Crippen LogP contribution is 2.23. The fraction of sp³-hybridized carbons (Fsp3) is 0.688. The van der Waals surface area contributed by atoms with Crippen LogP contribution in [0.5, 0.6) is 5.88 Å². The van der Waals surface area contributed by atoms with Crippen LogP contribution < -0.4 is 10.1 Å². The molecule has 106 valence electrons. The van der Waals surface area contributed by atoms with Crippen molar-refractivity contribution in [1.29, 1.82) is 0 Å². The summed E-state index contributed by atoms with van der Waals surface area (Å²) in [5.74, 6) is 1.64. The monoisotopic (exact) mass is 262 g/mol. The fourth-order valence-electron chi connectivity index (χ4n) is 2.46. The summed E-state index contributed by atoms with van der Waals surface area (Å²) in [6.07, 6.45) is 7.93. The first-order chi connectivity index (χ1) is 9.03. The van der Waals surface area contributed by atoms with Gasteiger partial charge in [-0.15, -0.1) is 0 Å². The lowest BCUT2D eigenvalue weighted by molar-refractivity contribution is 0.176. The van der Waals surface area contributed by atoms with Crippen LogP contribution in [-0.4, -0.2) is 16.6 Å². The maximum atomic E-state index is 6.04. The highest BCUT2D eigenvalue weighted by atomic mass is 16.5. The minimum Gasteiger partial charge on any atom is -0.474 e. The number of aromatic nitrogens is 1.